The number of carbonyl (C=O) groups excluding carboxylic acids is 1. The van der Waals surface area contributed by atoms with Crippen molar-refractivity contribution in [2.24, 2.45) is 0 Å². The molecule has 0 aliphatic heterocycles. The van der Waals surface area contributed by atoms with Gasteiger partial charge >= 0.3 is 6.03 Å². The summed E-state index contributed by atoms with van der Waals surface area (Å²) < 4.78 is 5.90. The molecule has 7 heteroatoms. The van der Waals surface area contributed by atoms with Crippen LogP contribution in [0, 0.1) is 6.92 Å². The molecule has 0 saturated heterocycles. The monoisotopic (exact) mass is 432 g/mol. The number of amides is 2. The van der Waals surface area contributed by atoms with Crippen LogP contribution in [0.25, 0.3) is 11.5 Å². The van der Waals surface area contributed by atoms with E-state index in [2.05, 4.69) is 20.8 Å². The predicted octanol–water partition coefficient (Wildman–Crippen LogP) is 5.29. The third-order valence-electron chi connectivity index (χ3n) is 4.76. The van der Waals surface area contributed by atoms with E-state index in [-0.39, 0.29) is 6.03 Å². The molecule has 0 spiro atoms. The van der Waals surface area contributed by atoms with E-state index in [0.717, 1.165) is 16.7 Å². The summed E-state index contributed by atoms with van der Waals surface area (Å²) in [4.78, 5) is 12.6. The molecule has 2 N–H and O–H groups in total. The Bertz CT molecular complexity index is 1140. The van der Waals surface area contributed by atoms with E-state index < -0.39 is 6.04 Å². The van der Waals surface area contributed by atoms with Crippen molar-refractivity contribution >= 4 is 17.6 Å². The quantitative estimate of drug-likeness (QED) is 0.434. The second kappa shape index (κ2) is 9.45. The van der Waals surface area contributed by atoms with Gasteiger partial charge < -0.3 is 15.1 Å². The molecule has 0 radical (unpaired) electrons. The number of rotatable bonds is 6. The zero-order valence-corrected chi connectivity index (χ0v) is 17.6. The Kier molecular flexibility index (Phi) is 6.29. The van der Waals surface area contributed by atoms with E-state index in [4.69, 9.17) is 16.0 Å². The Morgan fingerprint density at radius 3 is 2.39 bits per heavy atom. The minimum Gasteiger partial charge on any atom is -0.418 e. The predicted molar refractivity (Wildman–Crippen MR) is 120 cm³/mol. The Balaban J connectivity index is 1.52. The van der Waals surface area contributed by atoms with Crippen LogP contribution in [-0.4, -0.2) is 16.2 Å². The molecule has 0 fully saturated rings. The van der Waals surface area contributed by atoms with Crippen LogP contribution in [0.1, 0.15) is 28.6 Å². The van der Waals surface area contributed by atoms with E-state index in [1.165, 1.54) is 5.56 Å². The van der Waals surface area contributed by atoms with Gasteiger partial charge in [0.1, 0.15) is 6.04 Å². The lowest BCUT2D eigenvalue weighted by atomic mass is 10.1. The number of carbonyl (C=O) groups is 1. The van der Waals surface area contributed by atoms with Crippen LogP contribution in [0.3, 0.4) is 0 Å². The molecular weight excluding hydrogens is 412 g/mol. The van der Waals surface area contributed by atoms with Gasteiger partial charge in [-0.1, -0.05) is 71.8 Å². The number of hydrogen-bond donors (Lipinski definition) is 2. The number of nitrogens with one attached hydrogen (secondary N) is 2. The zero-order valence-electron chi connectivity index (χ0n) is 16.9. The Hall–Kier alpha value is -3.64. The molecule has 0 bridgehead atoms. The highest BCUT2D eigenvalue weighted by atomic mass is 35.5. The van der Waals surface area contributed by atoms with E-state index >= 15 is 0 Å². The maximum atomic E-state index is 12.6. The van der Waals surface area contributed by atoms with Gasteiger partial charge in [0.2, 0.25) is 11.8 Å². The zero-order chi connectivity index (χ0) is 21.6. The van der Waals surface area contributed by atoms with Crippen LogP contribution in [0.5, 0.6) is 0 Å². The molecule has 156 valence electrons. The third kappa shape index (κ3) is 5.29. The normalized spacial score (nSPS) is 11.7. The van der Waals surface area contributed by atoms with Crippen LogP contribution in [0.2, 0.25) is 5.02 Å². The van der Waals surface area contributed by atoms with Crippen LogP contribution in [0.15, 0.2) is 83.3 Å². The smallest absolute Gasteiger partial charge is 0.315 e. The topological polar surface area (TPSA) is 80.0 Å². The summed E-state index contributed by atoms with van der Waals surface area (Å²) in [5.74, 6) is 0.649. The van der Waals surface area contributed by atoms with Crippen LogP contribution in [0.4, 0.5) is 4.79 Å². The minimum atomic E-state index is -0.590. The minimum absolute atomic E-state index is 0.293. The second-order valence-electron chi connectivity index (χ2n) is 7.11. The molecule has 6 nitrogen and oxygen atoms in total. The first-order valence-corrected chi connectivity index (χ1v) is 10.2. The first-order valence-electron chi connectivity index (χ1n) is 9.83. The van der Waals surface area contributed by atoms with Crippen molar-refractivity contribution < 1.29 is 9.21 Å². The van der Waals surface area contributed by atoms with E-state index in [1.807, 2.05) is 61.5 Å². The summed E-state index contributed by atoms with van der Waals surface area (Å²) in [5, 5.41) is 14.8. The molecule has 3 aromatic carbocycles. The summed E-state index contributed by atoms with van der Waals surface area (Å²) in [5.41, 5.74) is 3.77. The van der Waals surface area contributed by atoms with E-state index in [9.17, 15) is 4.79 Å². The van der Waals surface area contributed by atoms with Crippen molar-refractivity contribution in [1.29, 1.82) is 0 Å². The number of nitrogens with zero attached hydrogens (tertiary/aromatic N) is 2. The molecule has 4 rings (SSSR count). The number of aromatic nitrogens is 2. The molecule has 1 aromatic heterocycles. The van der Waals surface area contributed by atoms with Crippen molar-refractivity contribution in [3.05, 3.63) is 106 Å². The average molecular weight is 433 g/mol. The maximum absolute atomic E-state index is 12.6. The van der Waals surface area contributed by atoms with Crippen LogP contribution in [-0.2, 0) is 6.54 Å². The summed E-state index contributed by atoms with van der Waals surface area (Å²) >= 11 is 5.95. The highest BCUT2D eigenvalue weighted by molar-refractivity contribution is 6.30. The van der Waals surface area contributed by atoms with Crippen molar-refractivity contribution in [1.82, 2.24) is 20.8 Å². The standard InChI is InChI=1S/C24H21ClN4O2/c1-16-7-9-17(10-8-16)15-26-24(30)27-21(18-5-3-2-4-6-18)23-29-28-22(31-23)19-11-13-20(25)14-12-19/h2-14,21H,15H2,1H3,(H2,26,27,30)/t21-/m0/s1. The number of halogens is 1. The molecule has 1 atom stereocenters. The van der Waals surface area contributed by atoms with Crippen molar-refractivity contribution in [3.63, 3.8) is 0 Å². The van der Waals surface area contributed by atoms with Crippen molar-refractivity contribution in [3.8, 4) is 11.5 Å². The molecule has 1 heterocycles. The Morgan fingerprint density at radius 2 is 1.68 bits per heavy atom. The molecule has 31 heavy (non-hydrogen) atoms. The first kappa shape index (κ1) is 20.6. The molecule has 4 aromatic rings. The van der Waals surface area contributed by atoms with Gasteiger partial charge in [-0.15, -0.1) is 10.2 Å². The van der Waals surface area contributed by atoms with Gasteiger partial charge in [-0.3, -0.25) is 0 Å². The number of urea groups is 1. The highest BCUT2D eigenvalue weighted by Crippen LogP contribution is 2.25. The summed E-state index contributed by atoms with van der Waals surface area (Å²) in [6.07, 6.45) is 0. The Morgan fingerprint density at radius 1 is 0.968 bits per heavy atom. The Labute approximate surface area is 185 Å². The molecule has 2 amide bonds. The van der Waals surface area contributed by atoms with Gasteiger partial charge in [0.15, 0.2) is 0 Å². The van der Waals surface area contributed by atoms with Gasteiger partial charge in [-0.25, -0.2) is 4.79 Å². The highest BCUT2D eigenvalue weighted by Gasteiger charge is 2.23. The van der Waals surface area contributed by atoms with Crippen molar-refractivity contribution in [2.45, 2.75) is 19.5 Å². The van der Waals surface area contributed by atoms with Gasteiger partial charge in [0.05, 0.1) is 0 Å². The lowest BCUT2D eigenvalue weighted by Gasteiger charge is -2.16. The number of aryl methyl sites for hydroxylation is 1. The molecule has 0 aliphatic rings. The number of hydrogen-bond acceptors (Lipinski definition) is 4. The second-order valence-corrected chi connectivity index (χ2v) is 7.55. The molecule has 0 aliphatic carbocycles. The summed E-state index contributed by atoms with van der Waals surface area (Å²) in [6.45, 7) is 2.44. The fourth-order valence-electron chi connectivity index (χ4n) is 3.06. The fourth-order valence-corrected chi connectivity index (χ4v) is 3.19. The largest absolute Gasteiger partial charge is 0.418 e. The van der Waals surface area contributed by atoms with Gasteiger partial charge in [-0.2, -0.15) is 0 Å². The molecule has 0 unspecified atom stereocenters. The average Bonchev–Trinajstić information content (AvgIpc) is 3.28. The van der Waals surface area contributed by atoms with Gasteiger partial charge in [0.25, 0.3) is 0 Å². The molecular formula is C24H21ClN4O2. The summed E-state index contributed by atoms with van der Waals surface area (Å²) in [6, 6.07) is 23.7. The number of benzene rings is 3. The van der Waals surface area contributed by atoms with Crippen LogP contribution < -0.4 is 10.6 Å². The SMILES string of the molecule is Cc1ccc(CNC(=O)N[C@@H](c2ccccc2)c2nnc(-c3ccc(Cl)cc3)o2)cc1. The van der Waals surface area contributed by atoms with Crippen LogP contribution >= 0.6 is 11.6 Å². The lowest BCUT2D eigenvalue weighted by Crippen LogP contribution is -2.38. The summed E-state index contributed by atoms with van der Waals surface area (Å²) in [7, 11) is 0. The maximum Gasteiger partial charge on any atom is 0.315 e. The van der Waals surface area contributed by atoms with Gasteiger partial charge in [-0.05, 0) is 42.3 Å². The van der Waals surface area contributed by atoms with Crippen molar-refractivity contribution in [2.75, 3.05) is 0 Å². The fraction of sp³-hybridized carbons (Fsp3) is 0.125. The lowest BCUT2D eigenvalue weighted by molar-refractivity contribution is 0.236. The first-order chi connectivity index (χ1) is 15.1. The van der Waals surface area contributed by atoms with E-state index in [1.54, 1.807) is 24.3 Å². The van der Waals surface area contributed by atoms with Gasteiger partial charge in [0, 0.05) is 17.1 Å². The van der Waals surface area contributed by atoms with E-state index in [0.29, 0.717) is 23.3 Å². The third-order valence-corrected chi connectivity index (χ3v) is 5.01. The molecule has 0 saturated carbocycles.